The summed E-state index contributed by atoms with van der Waals surface area (Å²) in [6.45, 7) is 4.47. The van der Waals surface area contributed by atoms with E-state index in [2.05, 4.69) is 15.9 Å². The maximum Gasteiger partial charge on any atom is 0.143 e. The number of rotatable bonds is 3. The van der Waals surface area contributed by atoms with Crippen LogP contribution in [0.5, 0.6) is 0 Å². The van der Waals surface area contributed by atoms with Crippen molar-refractivity contribution in [3.63, 3.8) is 0 Å². The van der Waals surface area contributed by atoms with E-state index in [9.17, 15) is 4.79 Å². The van der Waals surface area contributed by atoms with Gasteiger partial charge in [-0.05, 0) is 17.7 Å². The molecule has 0 N–H and O–H groups in total. The van der Waals surface area contributed by atoms with Crippen LogP contribution in [-0.2, 0) is 16.1 Å². The van der Waals surface area contributed by atoms with Crippen LogP contribution in [0.15, 0.2) is 28.7 Å². The van der Waals surface area contributed by atoms with Crippen molar-refractivity contribution < 1.29 is 9.53 Å². The molecule has 2 nitrogen and oxygen atoms in total. The molecule has 0 heterocycles. The predicted octanol–water partition coefficient (Wildman–Crippen LogP) is 3.33. The van der Waals surface area contributed by atoms with Crippen LogP contribution in [0.25, 0.3) is 0 Å². The first-order valence-corrected chi connectivity index (χ1v) is 6.19. The summed E-state index contributed by atoms with van der Waals surface area (Å²) in [5.74, 6) is 0.298. The average Bonchev–Trinajstić information content (AvgIpc) is 2.24. The third-order valence-corrected chi connectivity index (χ3v) is 3.73. The zero-order valence-electron chi connectivity index (χ0n) is 9.50. The van der Waals surface area contributed by atoms with E-state index in [1.54, 1.807) is 0 Å². The van der Waals surface area contributed by atoms with Crippen LogP contribution in [0.2, 0.25) is 0 Å². The lowest BCUT2D eigenvalue weighted by atomic mass is 9.68. The van der Waals surface area contributed by atoms with Crippen molar-refractivity contribution >= 4 is 21.7 Å². The molecule has 0 saturated heterocycles. The maximum absolute atomic E-state index is 11.3. The fourth-order valence-corrected chi connectivity index (χ4v) is 2.27. The standard InChI is InChI=1S/C13H15BrO2/c1-13(2)11(15)7-12(13)16-8-9-4-3-5-10(14)6-9/h3-6,12H,7-8H2,1-2H3. The Bertz CT molecular complexity index is 412. The minimum Gasteiger partial charge on any atom is -0.372 e. The number of ketones is 1. The summed E-state index contributed by atoms with van der Waals surface area (Å²) in [4.78, 5) is 11.3. The SMILES string of the molecule is CC1(C)C(=O)CC1OCc1cccc(Br)c1. The molecule has 0 radical (unpaired) electrons. The van der Waals surface area contributed by atoms with Crippen LogP contribution in [0.1, 0.15) is 25.8 Å². The minimum atomic E-state index is -0.300. The smallest absolute Gasteiger partial charge is 0.143 e. The average molecular weight is 283 g/mol. The Morgan fingerprint density at radius 3 is 2.81 bits per heavy atom. The molecule has 0 aliphatic heterocycles. The molecule has 1 aliphatic carbocycles. The van der Waals surface area contributed by atoms with Crippen molar-refractivity contribution in [1.29, 1.82) is 0 Å². The second-order valence-corrected chi connectivity index (χ2v) is 5.69. The predicted molar refractivity (Wildman–Crippen MR) is 66.1 cm³/mol. The molecule has 1 atom stereocenters. The summed E-state index contributed by atoms with van der Waals surface area (Å²) in [5, 5.41) is 0. The lowest BCUT2D eigenvalue weighted by Gasteiger charge is -2.41. The molecule has 1 aromatic rings. The van der Waals surface area contributed by atoms with Gasteiger partial charge in [-0.3, -0.25) is 4.79 Å². The largest absolute Gasteiger partial charge is 0.372 e. The topological polar surface area (TPSA) is 26.3 Å². The third kappa shape index (κ3) is 2.20. The third-order valence-electron chi connectivity index (χ3n) is 3.23. The minimum absolute atomic E-state index is 0.0685. The number of hydrogen-bond acceptors (Lipinski definition) is 2. The molecule has 0 bridgehead atoms. The monoisotopic (exact) mass is 282 g/mol. The normalized spacial score (nSPS) is 22.9. The Kier molecular flexibility index (Phi) is 3.17. The van der Waals surface area contributed by atoms with E-state index in [0.717, 1.165) is 10.0 Å². The molecule has 0 amide bonds. The lowest BCUT2D eigenvalue weighted by molar-refractivity contribution is -0.159. The summed E-state index contributed by atoms with van der Waals surface area (Å²) in [6, 6.07) is 8.03. The van der Waals surface area contributed by atoms with E-state index in [1.807, 2.05) is 38.1 Å². The lowest BCUT2D eigenvalue weighted by Crippen LogP contribution is -2.51. The molecule has 1 unspecified atom stereocenters. The first-order chi connectivity index (χ1) is 7.50. The number of carbonyl (C=O) groups is 1. The molecule has 0 spiro atoms. The second-order valence-electron chi connectivity index (χ2n) is 4.78. The summed E-state index contributed by atoms with van der Waals surface area (Å²) < 4.78 is 6.82. The van der Waals surface area contributed by atoms with E-state index < -0.39 is 0 Å². The van der Waals surface area contributed by atoms with Crippen molar-refractivity contribution in [2.45, 2.75) is 33.0 Å². The van der Waals surface area contributed by atoms with Gasteiger partial charge in [-0.25, -0.2) is 0 Å². The zero-order valence-corrected chi connectivity index (χ0v) is 11.1. The van der Waals surface area contributed by atoms with Gasteiger partial charge in [-0.2, -0.15) is 0 Å². The van der Waals surface area contributed by atoms with Crippen LogP contribution < -0.4 is 0 Å². The van der Waals surface area contributed by atoms with Gasteiger partial charge in [0.2, 0.25) is 0 Å². The highest BCUT2D eigenvalue weighted by Crippen LogP contribution is 2.39. The fraction of sp³-hybridized carbons (Fsp3) is 0.462. The molecule has 1 fully saturated rings. The number of hydrogen-bond donors (Lipinski definition) is 0. The van der Waals surface area contributed by atoms with Crippen LogP contribution in [0.3, 0.4) is 0 Å². The number of Topliss-reactive ketones (excluding diaryl/α,β-unsaturated/α-hetero) is 1. The van der Waals surface area contributed by atoms with Gasteiger partial charge in [0.1, 0.15) is 5.78 Å². The van der Waals surface area contributed by atoms with E-state index >= 15 is 0 Å². The second kappa shape index (κ2) is 4.30. The molecule has 1 aromatic carbocycles. The van der Waals surface area contributed by atoms with Crippen molar-refractivity contribution in [3.05, 3.63) is 34.3 Å². The molecule has 16 heavy (non-hydrogen) atoms. The van der Waals surface area contributed by atoms with Crippen LogP contribution in [0.4, 0.5) is 0 Å². The van der Waals surface area contributed by atoms with Crippen LogP contribution >= 0.6 is 15.9 Å². The Labute approximate surface area is 104 Å². The van der Waals surface area contributed by atoms with Gasteiger partial charge in [-0.1, -0.05) is 41.9 Å². The number of carbonyl (C=O) groups excluding carboxylic acids is 1. The molecule has 3 heteroatoms. The van der Waals surface area contributed by atoms with Gasteiger partial charge >= 0.3 is 0 Å². The Balaban J connectivity index is 1.92. The van der Waals surface area contributed by atoms with Gasteiger partial charge in [0.15, 0.2) is 0 Å². The summed E-state index contributed by atoms with van der Waals surface area (Å²) in [7, 11) is 0. The molecular formula is C13H15BrO2. The van der Waals surface area contributed by atoms with Crippen LogP contribution in [0, 0.1) is 5.41 Å². The fourth-order valence-electron chi connectivity index (χ4n) is 1.83. The van der Waals surface area contributed by atoms with E-state index in [-0.39, 0.29) is 11.5 Å². The molecule has 0 aromatic heterocycles. The first kappa shape index (κ1) is 11.8. The van der Waals surface area contributed by atoms with Crippen molar-refractivity contribution in [1.82, 2.24) is 0 Å². The van der Waals surface area contributed by atoms with E-state index in [4.69, 9.17) is 4.74 Å². The van der Waals surface area contributed by atoms with Crippen molar-refractivity contribution in [3.8, 4) is 0 Å². The molecule has 2 rings (SSSR count). The van der Waals surface area contributed by atoms with Crippen molar-refractivity contribution in [2.24, 2.45) is 5.41 Å². The maximum atomic E-state index is 11.3. The van der Waals surface area contributed by atoms with Gasteiger partial charge in [-0.15, -0.1) is 0 Å². The number of benzene rings is 1. The highest BCUT2D eigenvalue weighted by molar-refractivity contribution is 9.10. The van der Waals surface area contributed by atoms with E-state index in [1.165, 1.54) is 0 Å². The van der Waals surface area contributed by atoms with Gasteiger partial charge in [0, 0.05) is 10.9 Å². The number of halogens is 1. The van der Waals surface area contributed by atoms with Crippen LogP contribution in [-0.4, -0.2) is 11.9 Å². The van der Waals surface area contributed by atoms with Gasteiger partial charge < -0.3 is 4.74 Å². The van der Waals surface area contributed by atoms with Gasteiger partial charge in [0.25, 0.3) is 0 Å². The summed E-state index contributed by atoms with van der Waals surface area (Å²) >= 11 is 3.42. The Morgan fingerprint density at radius 1 is 1.50 bits per heavy atom. The van der Waals surface area contributed by atoms with Gasteiger partial charge in [0.05, 0.1) is 18.1 Å². The first-order valence-electron chi connectivity index (χ1n) is 5.39. The Hall–Kier alpha value is -0.670. The zero-order chi connectivity index (χ0) is 11.8. The molecule has 86 valence electrons. The number of ether oxygens (including phenoxy) is 1. The molecule has 1 aliphatic rings. The summed E-state index contributed by atoms with van der Waals surface area (Å²) in [6.07, 6.45) is 0.625. The van der Waals surface area contributed by atoms with E-state index in [0.29, 0.717) is 18.8 Å². The molecular weight excluding hydrogens is 268 g/mol. The summed E-state index contributed by atoms with van der Waals surface area (Å²) in [5.41, 5.74) is 0.830. The van der Waals surface area contributed by atoms with Crippen molar-refractivity contribution in [2.75, 3.05) is 0 Å². The Morgan fingerprint density at radius 2 is 2.25 bits per heavy atom. The highest BCUT2D eigenvalue weighted by Gasteiger charge is 2.48. The molecule has 1 saturated carbocycles. The quantitative estimate of drug-likeness (QED) is 0.850. The highest BCUT2D eigenvalue weighted by atomic mass is 79.9.